The summed E-state index contributed by atoms with van der Waals surface area (Å²) in [6.07, 6.45) is 2.89. The van der Waals surface area contributed by atoms with Crippen molar-refractivity contribution in [3.8, 4) is 0 Å². The van der Waals surface area contributed by atoms with Crippen LogP contribution in [0.4, 0.5) is 0 Å². The summed E-state index contributed by atoms with van der Waals surface area (Å²) in [4.78, 5) is 24.6. The maximum atomic E-state index is 10.4. The molecular formula is C8H11N3O4. The van der Waals surface area contributed by atoms with Crippen molar-refractivity contribution in [3.63, 3.8) is 0 Å². The summed E-state index contributed by atoms with van der Waals surface area (Å²) in [6.45, 7) is -0.199. The number of nitrogens with zero attached hydrogens (tertiary/aromatic N) is 2. The van der Waals surface area contributed by atoms with E-state index in [2.05, 4.69) is 4.98 Å². The van der Waals surface area contributed by atoms with Gasteiger partial charge in [0.2, 0.25) is 0 Å². The van der Waals surface area contributed by atoms with E-state index in [1.54, 1.807) is 0 Å². The van der Waals surface area contributed by atoms with Crippen LogP contribution in [0.1, 0.15) is 5.69 Å². The average Bonchev–Trinajstić information content (AvgIpc) is 2.51. The van der Waals surface area contributed by atoms with E-state index in [4.69, 9.17) is 15.9 Å². The van der Waals surface area contributed by atoms with E-state index in [9.17, 15) is 9.59 Å². The van der Waals surface area contributed by atoms with Gasteiger partial charge in [-0.15, -0.1) is 0 Å². The molecule has 0 radical (unpaired) electrons. The number of nitrogens with two attached hydrogens (primary N) is 1. The van der Waals surface area contributed by atoms with Gasteiger partial charge in [0.25, 0.3) is 0 Å². The lowest BCUT2D eigenvalue weighted by atomic mass is 10.2. The maximum absolute atomic E-state index is 10.4. The minimum absolute atomic E-state index is 0.0853. The number of carbonyl (C=O) groups is 2. The topological polar surface area (TPSA) is 118 Å². The lowest BCUT2D eigenvalue weighted by Gasteiger charge is -2.02. The Bertz CT molecular complexity index is 374. The third-order valence-electron chi connectivity index (χ3n) is 1.75. The largest absolute Gasteiger partial charge is 0.480 e. The molecule has 0 saturated carbocycles. The molecule has 0 aliphatic heterocycles. The fourth-order valence-electron chi connectivity index (χ4n) is 1.07. The SMILES string of the molecule is N[C@@H](Cc1cn(CC(=O)O)cn1)C(=O)O. The van der Waals surface area contributed by atoms with Crippen molar-refractivity contribution < 1.29 is 19.8 Å². The maximum Gasteiger partial charge on any atom is 0.323 e. The number of imidazole rings is 1. The van der Waals surface area contributed by atoms with Crippen LogP contribution in [0.5, 0.6) is 0 Å². The third-order valence-corrected chi connectivity index (χ3v) is 1.75. The number of aliphatic carboxylic acids is 2. The highest BCUT2D eigenvalue weighted by Gasteiger charge is 2.13. The second-order valence-corrected chi connectivity index (χ2v) is 3.08. The van der Waals surface area contributed by atoms with Gasteiger partial charge in [0.15, 0.2) is 0 Å². The summed E-state index contributed by atoms with van der Waals surface area (Å²) in [7, 11) is 0. The van der Waals surface area contributed by atoms with Crippen molar-refractivity contribution in [3.05, 3.63) is 18.2 Å². The van der Waals surface area contributed by atoms with E-state index < -0.39 is 18.0 Å². The molecule has 0 amide bonds. The summed E-state index contributed by atoms with van der Waals surface area (Å²) >= 11 is 0. The highest BCUT2D eigenvalue weighted by molar-refractivity contribution is 5.73. The molecule has 0 aliphatic carbocycles. The van der Waals surface area contributed by atoms with Crippen LogP contribution in [0.2, 0.25) is 0 Å². The molecule has 7 nitrogen and oxygen atoms in total. The van der Waals surface area contributed by atoms with Gasteiger partial charge in [-0.25, -0.2) is 4.98 Å². The lowest BCUT2D eigenvalue weighted by molar-refractivity contribution is -0.139. The number of hydrogen-bond acceptors (Lipinski definition) is 4. The minimum Gasteiger partial charge on any atom is -0.480 e. The van der Waals surface area contributed by atoms with Gasteiger partial charge in [0.1, 0.15) is 12.6 Å². The normalized spacial score (nSPS) is 12.3. The summed E-state index contributed by atoms with van der Waals surface area (Å²) in [5.74, 6) is -2.09. The van der Waals surface area contributed by atoms with Crippen LogP contribution in [0, 0.1) is 0 Å². The van der Waals surface area contributed by atoms with Crippen LogP contribution < -0.4 is 5.73 Å². The van der Waals surface area contributed by atoms with Gasteiger partial charge in [-0.1, -0.05) is 0 Å². The van der Waals surface area contributed by atoms with E-state index in [1.165, 1.54) is 17.1 Å². The van der Waals surface area contributed by atoms with Crippen LogP contribution in [0.25, 0.3) is 0 Å². The van der Waals surface area contributed by atoms with Gasteiger partial charge in [-0.3, -0.25) is 9.59 Å². The number of carboxylic acid groups (broad SMARTS) is 2. The lowest BCUT2D eigenvalue weighted by Crippen LogP contribution is -2.32. The van der Waals surface area contributed by atoms with Gasteiger partial charge >= 0.3 is 11.9 Å². The molecule has 1 heterocycles. The quantitative estimate of drug-likeness (QED) is 0.572. The van der Waals surface area contributed by atoms with E-state index in [0.717, 1.165) is 0 Å². The number of carboxylic acids is 2. The second kappa shape index (κ2) is 4.56. The van der Waals surface area contributed by atoms with Crippen LogP contribution in [0.3, 0.4) is 0 Å². The van der Waals surface area contributed by atoms with Gasteiger partial charge in [-0.2, -0.15) is 0 Å². The molecule has 7 heteroatoms. The van der Waals surface area contributed by atoms with Crippen LogP contribution in [0.15, 0.2) is 12.5 Å². The molecular weight excluding hydrogens is 202 g/mol. The minimum atomic E-state index is -1.11. The first-order valence-corrected chi connectivity index (χ1v) is 4.20. The first-order chi connectivity index (χ1) is 6.99. The summed E-state index contributed by atoms with van der Waals surface area (Å²) in [5.41, 5.74) is 5.76. The van der Waals surface area contributed by atoms with E-state index >= 15 is 0 Å². The van der Waals surface area contributed by atoms with Crippen molar-refractivity contribution in [1.82, 2.24) is 9.55 Å². The second-order valence-electron chi connectivity index (χ2n) is 3.08. The first kappa shape index (κ1) is 11.2. The molecule has 82 valence electrons. The Morgan fingerprint density at radius 2 is 2.20 bits per heavy atom. The molecule has 15 heavy (non-hydrogen) atoms. The zero-order valence-electron chi connectivity index (χ0n) is 7.83. The van der Waals surface area contributed by atoms with Crippen molar-refractivity contribution in [2.24, 2.45) is 5.73 Å². The monoisotopic (exact) mass is 213 g/mol. The number of aromatic nitrogens is 2. The van der Waals surface area contributed by atoms with Crippen molar-refractivity contribution in [2.75, 3.05) is 0 Å². The van der Waals surface area contributed by atoms with Gasteiger partial charge in [0, 0.05) is 12.6 Å². The fourth-order valence-corrected chi connectivity index (χ4v) is 1.07. The molecule has 0 aromatic carbocycles. The highest BCUT2D eigenvalue weighted by atomic mass is 16.4. The number of rotatable bonds is 5. The van der Waals surface area contributed by atoms with Crippen LogP contribution in [-0.2, 0) is 22.6 Å². The molecule has 1 aromatic rings. The molecule has 1 aromatic heterocycles. The highest BCUT2D eigenvalue weighted by Crippen LogP contribution is 2.00. The molecule has 0 bridgehead atoms. The standard InChI is InChI=1S/C8H11N3O4/c9-6(8(14)15)1-5-2-11(4-10-5)3-7(12)13/h2,4,6H,1,3,9H2,(H,12,13)(H,14,15)/t6-/m0/s1. The predicted octanol–water partition coefficient (Wildman–Crippen LogP) is -1.08. The van der Waals surface area contributed by atoms with E-state index in [1.807, 2.05) is 0 Å². The smallest absolute Gasteiger partial charge is 0.323 e. The third kappa shape index (κ3) is 3.39. The fraction of sp³-hybridized carbons (Fsp3) is 0.375. The van der Waals surface area contributed by atoms with Crippen molar-refractivity contribution >= 4 is 11.9 Å². The first-order valence-electron chi connectivity index (χ1n) is 4.20. The molecule has 1 atom stereocenters. The van der Waals surface area contributed by atoms with Gasteiger partial charge in [0.05, 0.1) is 12.0 Å². The molecule has 1 rings (SSSR count). The molecule has 0 fully saturated rings. The summed E-state index contributed by atoms with van der Waals surface area (Å²) in [5, 5.41) is 17.0. The van der Waals surface area contributed by atoms with Crippen molar-refractivity contribution in [1.29, 1.82) is 0 Å². The van der Waals surface area contributed by atoms with E-state index in [0.29, 0.717) is 5.69 Å². The Morgan fingerprint density at radius 1 is 1.53 bits per heavy atom. The van der Waals surface area contributed by atoms with E-state index in [-0.39, 0.29) is 13.0 Å². The summed E-state index contributed by atoms with van der Waals surface area (Å²) < 4.78 is 1.35. The average molecular weight is 213 g/mol. The predicted molar refractivity (Wildman–Crippen MR) is 49.2 cm³/mol. The molecule has 0 saturated heterocycles. The zero-order valence-corrected chi connectivity index (χ0v) is 7.83. The Labute approximate surface area is 85.1 Å². The Morgan fingerprint density at radius 3 is 2.73 bits per heavy atom. The van der Waals surface area contributed by atoms with Crippen LogP contribution in [-0.4, -0.2) is 37.7 Å². The van der Waals surface area contributed by atoms with Crippen molar-refractivity contribution in [2.45, 2.75) is 19.0 Å². The van der Waals surface area contributed by atoms with Gasteiger partial charge in [-0.05, 0) is 0 Å². The Hall–Kier alpha value is -1.89. The molecule has 0 unspecified atom stereocenters. The molecule has 0 spiro atoms. The number of hydrogen-bond donors (Lipinski definition) is 3. The molecule has 0 aliphatic rings. The van der Waals surface area contributed by atoms with Crippen LogP contribution >= 0.6 is 0 Å². The summed E-state index contributed by atoms with van der Waals surface area (Å²) in [6, 6.07) is -1.02. The Balaban J connectivity index is 2.60. The van der Waals surface area contributed by atoms with Gasteiger partial charge < -0.3 is 20.5 Å². The Kier molecular flexibility index (Phi) is 3.40. The molecule has 4 N–H and O–H groups in total. The zero-order chi connectivity index (χ0) is 11.4.